The van der Waals surface area contributed by atoms with Crippen molar-refractivity contribution in [1.29, 1.82) is 0 Å². The van der Waals surface area contributed by atoms with Gasteiger partial charge in [-0.25, -0.2) is 0 Å². The summed E-state index contributed by atoms with van der Waals surface area (Å²) in [5.74, 6) is 0. The molecule has 0 saturated carbocycles. The average Bonchev–Trinajstić information content (AvgIpc) is 3.12. The molecule has 0 bridgehead atoms. The molecule has 0 N–H and O–H groups in total. The predicted octanol–water partition coefficient (Wildman–Crippen LogP) is 3.96. The Hall–Kier alpha value is -0.620. The van der Waals surface area contributed by atoms with Crippen LogP contribution in [0.15, 0.2) is 8.68 Å². The summed E-state index contributed by atoms with van der Waals surface area (Å²) in [7, 11) is 3.15. The summed E-state index contributed by atoms with van der Waals surface area (Å²) in [5.41, 5.74) is 0. The van der Waals surface area contributed by atoms with Gasteiger partial charge in [-0.2, -0.15) is 0 Å². The maximum Gasteiger partial charge on any atom is 0.185 e. The zero-order chi connectivity index (χ0) is 15.2. The summed E-state index contributed by atoms with van der Waals surface area (Å²) >= 11 is 4.80. The third-order valence-corrected chi connectivity index (χ3v) is 7.21. The minimum Gasteiger partial charge on any atom is -0.144 e. The van der Waals surface area contributed by atoms with Crippen LogP contribution < -0.4 is 0 Å². The van der Waals surface area contributed by atoms with E-state index in [2.05, 4.69) is 30.6 Å². The standard InChI is InChI=1S/C6H6N4S4.C4H6N2S/c1-3-7-9-5(11-3)13-14-6-10-8-4(2)12-6;1-3-5-6-4(2)7-3/h1-2H3;1-2H3. The summed E-state index contributed by atoms with van der Waals surface area (Å²) < 4.78 is 1.92. The molecule has 11 heteroatoms. The highest BCUT2D eigenvalue weighted by atomic mass is 33.1. The molecular formula is C10H12N6S5. The molecule has 0 aliphatic carbocycles. The molecule has 0 saturated heterocycles. The van der Waals surface area contributed by atoms with Gasteiger partial charge in [0.1, 0.15) is 20.0 Å². The normalized spacial score (nSPS) is 10.3. The van der Waals surface area contributed by atoms with Crippen LogP contribution in [-0.4, -0.2) is 30.6 Å². The highest BCUT2D eigenvalue weighted by Gasteiger charge is 2.06. The van der Waals surface area contributed by atoms with Crippen LogP contribution in [0.25, 0.3) is 0 Å². The van der Waals surface area contributed by atoms with Crippen LogP contribution in [0.2, 0.25) is 0 Å². The van der Waals surface area contributed by atoms with Crippen molar-refractivity contribution in [2.45, 2.75) is 36.4 Å². The van der Waals surface area contributed by atoms with Crippen LogP contribution in [0.5, 0.6) is 0 Å². The lowest BCUT2D eigenvalue weighted by atomic mass is 10.9. The second-order valence-corrected chi connectivity index (χ2v) is 10.1. The highest BCUT2D eigenvalue weighted by Crippen LogP contribution is 2.39. The Balaban J connectivity index is 0.000000194. The van der Waals surface area contributed by atoms with Gasteiger partial charge in [0, 0.05) is 0 Å². The first-order valence-corrected chi connectivity index (χ1v) is 10.3. The predicted molar refractivity (Wildman–Crippen MR) is 90.4 cm³/mol. The molecule has 0 unspecified atom stereocenters. The minimum atomic E-state index is 0.959. The molecule has 6 nitrogen and oxygen atoms in total. The van der Waals surface area contributed by atoms with E-state index < -0.39 is 0 Å². The van der Waals surface area contributed by atoms with Gasteiger partial charge in [0.15, 0.2) is 8.68 Å². The first-order valence-electron chi connectivity index (χ1n) is 5.74. The first-order chi connectivity index (χ1) is 10.0. The van der Waals surface area contributed by atoms with E-state index in [1.54, 1.807) is 55.6 Å². The second kappa shape index (κ2) is 8.13. The largest absolute Gasteiger partial charge is 0.185 e. The summed E-state index contributed by atoms with van der Waals surface area (Å²) in [4.78, 5) is 0. The molecule has 21 heavy (non-hydrogen) atoms. The fourth-order valence-corrected chi connectivity index (χ4v) is 5.65. The van der Waals surface area contributed by atoms with E-state index in [1.807, 2.05) is 27.7 Å². The molecule has 3 heterocycles. The molecule has 3 rings (SSSR count). The highest BCUT2D eigenvalue weighted by molar-refractivity contribution is 8.77. The molecule has 0 atom stereocenters. The van der Waals surface area contributed by atoms with Crippen LogP contribution in [0.4, 0.5) is 0 Å². The summed E-state index contributed by atoms with van der Waals surface area (Å²) in [6.45, 7) is 7.79. The number of rotatable bonds is 3. The van der Waals surface area contributed by atoms with Crippen molar-refractivity contribution in [2.24, 2.45) is 0 Å². The Morgan fingerprint density at radius 2 is 0.857 bits per heavy atom. The molecule has 0 aliphatic rings. The van der Waals surface area contributed by atoms with Crippen LogP contribution in [0.1, 0.15) is 20.0 Å². The van der Waals surface area contributed by atoms with Crippen LogP contribution in [0, 0.1) is 27.7 Å². The van der Waals surface area contributed by atoms with Gasteiger partial charge in [-0.3, -0.25) is 0 Å². The van der Waals surface area contributed by atoms with E-state index in [4.69, 9.17) is 0 Å². The second-order valence-electron chi connectivity index (χ2n) is 3.68. The summed E-state index contributed by atoms with van der Waals surface area (Å²) in [5, 5.41) is 27.5. The SMILES string of the molecule is Cc1nnc(C)s1.Cc1nnc(SSc2nnc(C)s2)s1. The summed E-state index contributed by atoms with van der Waals surface area (Å²) in [6.07, 6.45) is 0. The van der Waals surface area contributed by atoms with Crippen molar-refractivity contribution in [3.63, 3.8) is 0 Å². The topological polar surface area (TPSA) is 77.3 Å². The Morgan fingerprint density at radius 3 is 1.10 bits per heavy atom. The van der Waals surface area contributed by atoms with Gasteiger partial charge in [-0.05, 0) is 49.3 Å². The van der Waals surface area contributed by atoms with Crippen LogP contribution in [-0.2, 0) is 0 Å². The molecule has 0 aliphatic heterocycles. The van der Waals surface area contributed by atoms with Crippen LogP contribution in [0.3, 0.4) is 0 Å². The number of hydrogen-bond acceptors (Lipinski definition) is 11. The first kappa shape index (κ1) is 16.7. The molecule has 0 radical (unpaired) electrons. The van der Waals surface area contributed by atoms with E-state index in [9.17, 15) is 0 Å². The van der Waals surface area contributed by atoms with Crippen LogP contribution >= 0.6 is 55.6 Å². The van der Waals surface area contributed by atoms with Crippen molar-refractivity contribution < 1.29 is 0 Å². The molecule has 3 aromatic heterocycles. The molecule has 3 aromatic rings. The van der Waals surface area contributed by atoms with Gasteiger partial charge in [0.25, 0.3) is 0 Å². The Bertz CT molecular complexity index is 633. The van der Waals surface area contributed by atoms with Crippen molar-refractivity contribution in [2.75, 3.05) is 0 Å². The fourth-order valence-electron chi connectivity index (χ4n) is 1.09. The molecule has 0 spiro atoms. The lowest BCUT2D eigenvalue weighted by Gasteiger charge is -1.88. The van der Waals surface area contributed by atoms with Gasteiger partial charge in [0.2, 0.25) is 0 Å². The van der Waals surface area contributed by atoms with Gasteiger partial charge in [-0.15, -0.1) is 41.9 Å². The van der Waals surface area contributed by atoms with E-state index in [0.717, 1.165) is 28.7 Å². The number of aromatic nitrogens is 6. The minimum absolute atomic E-state index is 0.959. The number of aryl methyl sites for hydroxylation is 4. The maximum atomic E-state index is 4.00. The molecule has 0 amide bonds. The maximum absolute atomic E-state index is 4.00. The van der Waals surface area contributed by atoms with Crippen molar-refractivity contribution in [1.82, 2.24) is 30.6 Å². The Kier molecular flexibility index (Phi) is 6.48. The molecule has 0 aromatic carbocycles. The monoisotopic (exact) mass is 376 g/mol. The van der Waals surface area contributed by atoms with Crippen molar-refractivity contribution >= 4 is 55.6 Å². The van der Waals surface area contributed by atoms with E-state index in [1.165, 1.54) is 0 Å². The van der Waals surface area contributed by atoms with Gasteiger partial charge in [0.05, 0.1) is 0 Å². The van der Waals surface area contributed by atoms with E-state index >= 15 is 0 Å². The number of nitrogens with zero attached hydrogens (tertiary/aromatic N) is 6. The quantitative estimate of drug-likeness (QED) is 0.636. The molecule has 112 valence electrons. The van der Waals surface area contributed by atoms with Gasteiger partial charge in [-0.1, -0.05) is 22.7 Å². The lowest BCUT2D eigenvalue weighted by Crippen LogP contribution is -1.70. The lowest BCUT2D eigenvalue weighted by molar-refractivity contribution is 0.984. The third-order valence-electron chi connectivity index (χ3n) is 1.83. The van der Waals surface area contributed by atoms with Gasteiger partial charge >= 0.3 is 0 Å². The summed E-state index contributed by atoms with van der Waals surface area (Å²) in [6, 6.07) is 0. The average molecular weight is 377 g/mol. The molecular weight excluding hydrogens is 364 g/mol. The number of hydrogen-bond donors (Lipinski definition) is 0. The smallest absolute Gasteiger partial charge is 0.144 e. The fraction of sp³-hybridized carbons (Fsp3) is 0.400. The zero-order valence-electron chi connectivity index (χ0n) is 11.7. The zero-order valence-corrected chi connectivity index (χ0v) is 15.8. The third kappa shape index (κ3) is 5.94. The van der Waals surface area contributed by atoms with Crippen molar-refractivity contribution in [3.05, 3.63) is 20.0 Å². The molecule has 0 fully saturated rings. The Labute approximate surface area is 142 Å². The van der Waals surface area contributed by atoms with E-state index in [-0.39, 0.29) is 0 Å². The Morgan fingerprint density at radius 1 is 0.524 bits per heavy atom. The van der Waals surface area contributed by atoms with Gasteiger partial charge < -0.3 is 0 Å². The van der Waals surface area contributed by atoms with E-state index in [0.29, 0.717) is 0 Å². The van der Waals surface area contributed by atoms with Crippen molar-refractivity contribution in [3.8, 4) is 0 Å².